The number of methoxy groups -OCH3 is 1. The van der Waals surface area contributed by atoms with Crippen molar-refractivity contribution in [2.24, 2.45) is 5.92 Å². The largest absolute Gasteiger partial charge is 0.385 e. The molecule has 2 rings (SSSR count). The van der Waals surface area contributed by atoms with Gasteiger partial charge in [0.25, 0.3) is 0 Å². The number of nitrogens with zero attached hydrogens (tertiary/aromatic N) is 1. The summed E-state index contributed by atoms with van der Waals surface area (Å²) in [6.45, 7) is 10.4. The van der Waals surface area contributed by atoms with Gasteiger partial charge in [-0.2, -0.15) is 0 Å². The van der Waals surface area contributed by atoms with Crippen LogP contribution in [0.25, 0.3) is 0 Å². The summed E-state index contributed by atoms with van der Waals surface area (Å²) in [5.74, 6) is 0.719. The van der Waals surface area contributed by atoms with Gasteiger partial charge in [-0.1, -0.05) is 26.7 Å². The molecule has 2 atom stereocenters. The molecule has 1 N–H and O–H groups in total. The smallest absolute Gasteiger partial charge is 0.0477 e. The van der Waals surface area contributed by atoms with Crippen LogP contribution in [0.1, 0.15) is 52.9 Å². The minimum Gasteiger partial charge on any atom is -0.385 e. The molecule has 1 spiro atoms. The van der Waals surface area contributed by atoms with Gasteiger partial charge in [-0.05, 0) is 32.1 Å². The van der Waals surface area contributed by atoms with Crippen molar-refractivity contribution >= 4 is 0 Å². The van der Waals surface area contributed by atoms with Gasteiger partial charge in [-0.3, -0.25) is 4.90 Å². The summed E-state index contributed by atoms with van der Waals surface area (Å²) in [7, 11) is 1.81. The van der Waals surface area contributed by atoms with Crippen LogP contribution in [0.3, 0.4) is 0 Å². The van der Waals surface area contributed by atoms with E-state index in [0.29, 0.717) is 17.6 Å². The molecule has 2 unspecified atom stereocenters. The van der Waals surface area contributed by atoms with Gasteiger partial charge in [0.1, 0.15) is 0 Å². The highest BCUT2D eigenvalue weighted by Gasteiger charge is 2.42. The summed E-state index contributed by atoms with van der Waals surface area (Å²) in [6, 6.07) is 1.31. The Hall–Kier alpha value is -0.120. The maximum absolute atomic E-state index is 5.27. The first kappa shape index (κ1) is 15.3. The second kappa shape index (κ2) is 6.55. The van der Waals surface area contributed by atoms with Gasteiger partial charge in [0, 0.05) is 44.4 Å². The Bertz CT molecular complexity index is 274. The third-order valence-corrected chi connectivity index (χ3v) is 5.23. The van der Waals surface area contributed by atoms with Gasteiger partial charge in [0.2, 0.25) is 0 Å². The molecule has 2 aliphatic rings. The molecule has 1 heterocycles. The van der Waals surface area contributed by atoms with Crippen LogP contribution in [-0.2, 0) is 4.74 Å². The van der Waals surface area contributed by atoms with Crippen molar-refractivity contribution < 1.29 is 4.74 Å². The molecule has 1 saturated heterocycles. The zero-order valence-corrected chi connectivity index (χ0v) is 13.2. The van der Waals surface area contributed by atoms with Crippen molar-refractivity contribution in [2.75, 3.05) is 26.8 Å². The Labute approximate surface area is 119 Å². The fourth-order valence-electron chi connectivity index (χ4n) is 3.90. The Morgan fingerprint density at radius 3 is 2.53 bits per heavy atom. The predicted octanol–water partition coefficient (Wildman–Crippen LogP) is 2.65. The van der Waals surface area contributed by atoms with E-state index in [1.54, 1.807) is 0 Å². The highest BCUT2D eigenvalue weighted by molar-refractivity contribution is 5.02. The maximum Gasteiger partial charge on any atom is 0.0477 e. The topological polar surface area (TPSA) is 24.5 Å². The number of rotatable bonds is 5. The molecule has 19 heavy (non-hydrogen) atoms. The van der Waals surface area contributed by atoms with Gasteiger partial charge < -0.3 is 10.1 Å². The van der Waals surface area contributed by atoms with Crippen LogP contribution in [0.2, 0.25) is 0 Å². The molecule has 0 aromatic rings. The van der Waals surface area contributed by atoms with E-state index < -0.39 is 0 Å². The Kier molecular flexibility index (Phi) is 5.27. The number of hydrogen-bond acceptors (Lipinski definition) is 3. The number of piperazine rings is 1. The molecule has 0 radical (unpaired) electrons. The van der Waals surface area contributed by atoms with E-state index in [9.17, 15) is 0 Å². The van der Waals surface area contributed by atoms with E-state index in [0.717, 1.165) is 25.5 Å². The van der Waals surface area contributed by atoms with Crippen molar-refractivity contribution in [1.29, 1.82) is 0 Å². The molecule has 0 aromatic heterocycles. The van der Waals surface area contributed by atoms with Crippen molar-refractivity contribution in [3.63, 3.8) is 0 Å². The lowest BCUT2D eigenvalue weighted by Gasteiger charge is -2.50. The van der Waals surface area contributed by atoms with Gasteiger partial charge in [0.05, 0.1) is 0 Å². The van der Waals surface area contributed by atoms with E-state index in [-0.39, 0.29) is 0 Å². The lowest BCUT2D eigenvalue weighted by molar-refractivity contribution is 0.0169. The van der Waals surface area contributed by atoms with Crippen molar-refractivity contribution in [3.05, 3.63) is 0 Å². The summed E-state index contributed by atoms with van der Waals surface area (Å²) < 4.78 is 5.27. The van der Waals surface area contributed by atoms with E-state index in [1.165, 1.54) is 32.2 Å². The fraction of sp³-hybridized carbons (Fsp3) is 1.00. The molecular formula is C16H32N2O. The van der Waals surface area contributed by atoms with Crippen LogP contribution in [-0.4, -0.2) is 49.3 Å². The lowest BCUT2D eigenvalue weighted by atomic mass is 9.87. The Morgan fingerprint density at radius 1 is 1.26 bits per heavy atom. The van der Waals surface area contributed by atoms with E-state index in [1.807, 2.05) is 7.11 Å². The zero-order valence-electron chi connectivity index (χ0n) is 13.2. The van der Waals surface area contributed by atoms with Crippen molar-refractivity contribution in [1.82, 2.24) is 10.2 Å². The first-order chi connectivity index (χ1) is 9.08. The third kappa shape index (κ3) is 3.50. The molecule has 3 heteroatoms. The monoisotopic (exact) mass is 268 g/mol. The molecular weight excluding hydrogens is 236 g/mol. The minimum atomic E-state index is 0.423. The van der Waals surface area contributed by atoms with E-state index in [2.05, 4.69) is 31.0 Å². The molecule has 2 fully saturated rings. The predicted molar refractivity (Wildman–Crippen MR) is 80.5 cm³/mol. The highest BCUT2D eigenvalue weighted by atomic mass is 16.5. The second-order valence-corrected chi connectivity index (χ2v) is 6.98. The average Bonchev–Trinajstić information content (AvgIpc) is 2.83. The molecule has 0 aromatic carbocycles. The first-order valence-electron chi connectivity index (χ1n) is 8.08. The summed E-state index contributed by atoms with van der Waals surface area (Å²) in [5.41, 5.74) is 0.423. The van der Waals surface area contributed by atoms with Gasteiger partial charge in [0.15, 0.2) is 0 Å². The van der Waals surface area contributed by atoms with Gasteiger partial charge >= 0.3 is 0 Å². The van der Waals surface area contributed by atoms with Crippen LogP contribution in [0.15, 0.2) is 0 Å². The van der Waals surface area contributed by atoms with Crippen LogP contribution >= 0.6 is 0 Å². The van der Waals surface area contributed by atoms with E-state index in [4.69, 9.17) is 4.74 Å². The minimum absolute atomic E-state index is 0.423. The van der Waals surface area contributed by atoms with E-state index >= 15 is 0 Å². The van der Waals surface area contributed by atoms with Gasteiger partial charge in [-0.15, -0.1) is 0 Å². The van der Waals surface area contributed by atoms with Crippen LogP contribution < -0.4 is 5.32 Å². The Morgan fingerprint density at radius 2 is 1.95 bits per heavy atom. The second-order valence-electron chi connectivity index (χ2n) is 6.98. The lowest BCUT2D eigenvalue weighted by Crippen LogP contribution is -2.66. The zero-order chi connectivity index (χ0) is 13.9. The standard InChI is InChI=1S/C16H32N2O/c1-13(2)15-11-17-16(8-5-6-9-16)12-18(15)14(3)7-10-19-4/h13-15,17H,5-12H2,1-4H3. The molecule has 112 valence electrons. The molecule has 1 saturated carbocycles. The van der Waals surface area contributed by atoms with Crippen LogP contribution in [0.5, 0.6) is 0 Å². The number of hydrogen-bond donors (Lipinski definition) is 1. The SMILES string of the molecule is COCCC(C)N1CC2(CCCC2)NCC1C(C)C. The number of ether oxygens (including phenoxy) is 1. The van der Waals surface area contributed by atoms with Crippen LogP contribution in [0.4, 0.5) is 0 Å². The number of nitrogens with one attached hydrogen (secondary N) is 1. The Balaban J connectivity index is 2.03. The summed E-state index contributed by atoms with van der Waals surface area (Å²) in [5, 5.41) is 3.89. The molecule has 3 nitrogen and oxygen atoms in total. The molecule has 1 aliphatic carbocycles. The van der Waals surface area contributed by atoms with Crippen molar-refractivity contribution in [3.8, 4) is 0 Å². The highest BCUT2D eigenvalue weighted by Crippen LogP contribution is 2.35. The summed E-state index contributed by atoms with van der Waals surface area (Å²) >= 11 is 0. The van der Waals surface area contributed by atoms with Gasteiger partial charge in [-0.25, -0.2) is 0 Å². The summed E-state index contributed by atoms with van der Waals surface area (Å²) in [6.07, 6.45) is 6.69. The molecule has 0 bridgehead atoms. The maximum atomic E-state index is 5.27. The molecule has 1 aliphatic heterocycles. The third-order valence-electron chi connectivity index (χ3n) is 5.23. The normalized spacial score (nSPS) is 29.2. The molecule has 0 amide bonds. The summed E-state index contributed by atoms with van der Waals surface area (Å²) in [4.78, 5) is 2.77. The van der Waals surface area contributed by atoms with Crippen molar-refractivity contribution in [2.45, 2.75) is 70.5 Å². The average molecular weight is 268 g/mol. The first-order valence-corrected chi connectivity index (χ1v) is 8.08. The quantitative estimate of drug-likeness (QED) is 0.829. The van der Waals surface area contributed by atoms with Crippen LogP contribution in [0, 0.1) is 5.92 Å². The fourth-order valence-corrected chi connectivity index (χ4v) is 3.90.